The summed E-state index contributed by atoms with van der Waals surface area (Å²) in [7, 11) is 0. The van der Waals surface area contributed by atoms with Gasteiger partial charge in [0.2, 0.25) is 0 Å². The molecule has 0 saturated carbocycles. The zero-order valence-electron chi connectivity index (χ0n) is 6.10. The fourth-order valence-corrected chi connectivity index (χ4v) is 1.13. The molecule has 58 valence electrons. The zero-order valence-corrected chi connectivity index (χ0v) is 6.92. The van der Waals surface area contributed by atoms with Gasteiger partial charge in [-0.1, -0.05) is 30.3 Å². The molecule has 1 aromatic rings. The summed E-state index contributed by atoms with van der Waals surface area (Å²) < 4.78 is 0. The maximum absolute atomic E-state index is 8.82. The Kier molecular flexibility index (Phi) is 3.65. The summed E-state index contributed by atoms with van der Waals surface area (Å²) in [6.07, 6.45) is 0. The van der Waals surface area contributed by atoms with Crippen LogP contribution >= 0.6 is 11.3 Å². The van der Waals surface area contributed by atoms with Gasteiger partial charge in [0.25, 0.3) is 0 Å². The van der Waals surface area contributed by atoms with Crippen LogP contribution in [-0.4, -0.2) is 5.11 Å². The van der Waals surface area contributed by atoms with Crippen LogP contribution in [0.3, 0.4) is 0 Å². The van der Waals surface area contributed by atoms with Crippen molar-refractivity contribution >= 4 is 11.3 Å². The van der Waals surface area contributed by atoms with Crippen LogP contribution in [-0.2, 0) is 6.61 Å². The van der Waals surface area contributed by atoms with E-state index in [1.807, 2.05) is 41.1 Å². The predicted octanol–water partition coefficient (Wildman–Crippen LogP) is 2.36. The summed E-state index contributed by atoms with van der Waals surface area (Å²) in [4.78, 5) is 0. The van der Waals surface area contributed by atoms with Crippen LogP contribution in [0.1, 0.15) is 5.56 Å². The van der Waals surface area contributed by atoms with Gasteiger partial charge in [-0.2, -0.15) is 11.3 Å². The van der Waals surface area contributed by atoms with E-state index in [4.69, 9.17) is 5.11 Å². The summed E-state index contributed by atoms with van der Waals surface area (Å²) in [6.45, 7) is 0.0966. The minimum atomic E-state index is 0.0966. The van der Waals surface area contributed by atoms with Crippen molar-refractivity contribution in [3.05, 3.63) is 46.7 Å². The van der Waals surface area contributed by atoms with Crippen molar-refractivity contribution in [3.8, 4) is 0 Å². The molecule has 11 heavy (non-hydrogen) atoms. The molecule has 1 nitrogen and oxygen atoms in total. The van der Waals surface area contributed by atoms with Crippen LogP contribution in [0.25, 0.3) is 0 Å². The van der Waals surface area contributed by atoms with Gasteiger partial charge >= 0.3 is 0 Å². The topological polar surface area (TPSA) is 20.2 Å². The number of aliphatic hydroxyl groups excluding tert-OH is 1. The highest BCUT2D eigenvalue weighted by molar-refractivity contribution is 7.07. The fourth-order valence-electron chi connectivity index (χ4n) is 0.684. The summed E-state index contributed by atoms with van der Waals surface area (Å²) in [5.74, 6) is 0. The lowest BCUT2D eigenvalue weighted by Crippen LogP contribution is -1.75. The zero-order chi connectivity index (χ0) is 7.94. The largest absolute Gasteiger partial charge is 0.392 e. The third kappa shape index (κ3) is 3.16. The van der Waals surface area contributed by atoms with E-state index in [2.05, 4.69) is 0 Å². The van der Waals surface area contributed by atoms with E-state index in [-0.39, 0.29) is 6.61 Å². The average Bonchev–Trinajstić information content (AvgIpc) is 2.16. The van der Waals surface area contributed by atoms with Gasteiger partial charge in [0.1, 0.15) is 0 Å². The van der Waals surface area contributed by atoms with E-state index in [1.165, 1.54) is 0 Å². The maximum atomic E-state index is 8.82. The predicted molar refractivity (Wildman–Crippen MR) is 47.9 cm³/mol. The van der Waals surface area contributed by atoms with Gasteiger partial charge in [0.05, 0.1) is 6.61 Å². The molecule has 0 unspecified atom stereocenters. The maximum Gasteiger partial charge on any atom is 0.0681 e. The van der Waals surface area contributed by atoms with E-state index in [1.54, 1.807) is 11.3 Å². The molecule has 0 aromatic carbocycles. The standard InChI is InChI=1S/C9H10OS/c10-8-9-4-1-2-6-11-7-3-5-9/h1-7,10H,8H2. The van der Waals surface area contributed by atoms with Crippen molar-refractivity contribution in [1.29, 1.82) is 0 Å². The van der Waals surface area contributed by atoms with Crippen LogP contribution in [0.5, 0.6) is 0 Å². The lowest BCUT2D eigenvalue weighted by molar-refractivity contribution is 0.282. The summed E-state index contributed by atoms with van der Waals surface area (Å²) in [5, 5.41) is 12.8. The molecule has 0 radical (unpaired) electrons. The molecule has 0 saturated heterocycles. The Balaban J connectivity index is 3.07. The number of hydrogen-bond acceptors (Lipinski definition) is 2. The molecule has 0 spiro atoms. The second-order valence-electron chi connectivity index (χ2n) is 2.05. The molecular formula is C9H10OS. The van der Waals surface area contributed by atoms with Gasteiger partial charge < -0.3 is 5.11 Å². The van der Waals surface area contributed by atoms with Gasteiger partial charge in [-0.25, -0.2) is 0 Å². The van der Waals surface area contributed by atoms with E-state index in [9.17, 15) is 0 Å². The molecule has 0 aliphatic rings. The normalized spacial score (nSPS) is 8.82. The first-order valence-corrected chi connectivity index (χ1v) is 4.33. The molecule has 1 aromatic heterocycles. The van der Waals surface area contributed by atoms with Crippen LogP contribution in [0.15, 0.2) is 41.1 Å². The number of aliphatic hydroxyl groups is 1. The quantitative estimate of drug-likeness (QED) is 0.679. The van der Waals surface area contributed by atoms with Crippen molar-refractivity contribution in [2.75, 3.05) is 0 Å². The first kappa shape index (κ1) is 8.24. The summed E-state index contributed by atoms with van der Waals surface area (Å²) in [6, 6.07) is 9.59. The molecule has 0 aliphatic carbocycles. The number of rotatable bonds is 1. The third-order valence-electron chi connectivity index (χ3n) is 1.23. The van der Waals surface area contributed by atoms with Crippen molar-refractivity contribution in [2.24, 2.45) is 0 Å². The molecule has 0 amide bonds. The first-order valence-electron chi connectivity index (χ1n) is 3.39. The van der Waals surface area contributed by atoms with Crippen molar-refractivity contribution < 1.29 is 5.11 Å². The third-order valence-corrected chi connectivity index (χ3v) is 1.86. The molecule has 0 atom stereocenters. The minimum absolute atomic E-state index is 0.0966. The number of hydrogen-bond donors (Lipinski definition) is 1. The van der Waals surface area contributed by atoms with Gasteiger partial charge in [-0.15, -0.1) is 0 Å². The van der Waals surface area contributed by atoms with Crippen LogP contribution in [0.2, 0.25) is 0 Å². The monoisotopic (exact) mass is 166 g/mol. The Hall–Kier alpha value is -0.860. The summed E-state index contributed by atoms with van der Waals surface area (Å²) in [5.41, 5.74) is 0.924. The average molecular weight is 166 g/mol. The summed E-state index contributed by atoms with van der Waals surface area (Å²) >= 11 is 1.62. The van der Waals surface area contributed by atoms with E-state index >= 15 is 0 Å². The molecule has 1 rings (SSSR count). The Morgan fingerprint density at radius 3 is 2.64 bits per heavy atom. The highest BCUT2D eigenvalue weighted by Crippen LogP contribution is 1.96. The van der Waals surface area contributed by atoms with Gasteiger partial charge in [0.15, 0.2) is 0 Å². The Bertz CT molecular complexity index is 229. The Labute approximate surface area is 70.3 Å². The Morgan fingerprint density at radius 2 is 1.82 bits per heavy atom. The van der Waals surface area contributed by atoms with Gasteiger partial charge in [-0.3, -0.25) is 0 Å². The highest BCUT2D eigenvalue weighted by Gasteiger charge is 1.79. The molecule has 0 fully saturated rings. The van der Waals surface area contributed by atoms with Crippen molar-refractivity contribution in [3.63, 3.8) is 0 Å². The van der Waals surface area contributed by atoms with Crippen LogP contribution < -0.4 is 0 Å². The van der Waals surface area contributed by atoms with Gasteiger partial charge in [-0.05, 0) is 16.3 Å². The van der Waals surface area contributed by atoms with Crippen LogP contribution in [0.4, 0.5) is 0 Å². The smallest absolute Gasteiger partial charge is 0.0681 e. The lowest BCUT2D eigenvalue weighted by atomic mass is 10.3. The molecule has 1 N–H and O–H groups in total. The van der Waals surface area contributed by atoms with E-state index < -0.39 is 0 Å². The fraction of sp³-hybridized carbons (Fsp3) is 0.111. The highest BCUT2D eigenvalue weighted by atomic mass is 32.1. The van der Waals surface area contributed by atoms with Crippen molar-refractivity contribution in [2.45, 2.75) is 6.61 Å². The Morgan fingerprint density at radius 1 is 1.09 bits per heavy atom. The SMILES string of the molecule is OCc1ccccsccc1. The van der Waals surface area contributed by atoms with E-state index in [0.29, 0.717) is 0 Å². The van der Waals surface area contributed by atoms with Crippen LogP contribution in [0, 0.1) is 0 Å². The first-order chi connectivity index (χ1) is 5.43. The molecule has 2 heteroatoms. The minimum Gasteiger partial charge on any atom is -0.392 e. The molecule has 1 heterocycles. The second-order valence-corrected chi connectivity index (χ2v) is 2.87. The van der Waals surface area contributed by atoms with E-state index in [0.717, 1.165) is 5.56 Å². The molecule has 0 bridgehead atoms. The molecule has 0 aliphatic heterocycles. The van der Waals surface area contributed by atoms with Crippen molar-refractivity contribution in [1.82, 2.24) is 0 Å². The second kappa shape index (κ2) is 4.88. The lowest BCUT2D eigenvalue weighted by Gasteiger charge is -1.85. The molecular weight excluding hydrogens is 156 g/mol. The van der Waals surface area contributed by atoms with Gasteiger partial charge in [0, 0.05) is 0 Å².